The predicted molar refractivity (Wildman–Crippen MR) is 81.1 cm³/mol. The number of nitrogens with zero attached hydrogens (tertiary/aromatic N) is 1. The van der Waals surface area contributed by atoms with Gasteiger partial charge in [-0.3, -0.25) is 4.90 Å². The maximum atomic E-state index is 5.66. The van der Waals surface area contributed by atoms with E-state index in [1.54, 1.807) is 6.26 Å². The summed E-state index contributed by atoms with van der Waals surface area (Å²) in [7, 11) is 2.18. The van der Waals surface area contributed by atoms with Crippen molar-refractivity contribution in [2.24, 2.45) is 0 Å². The molecule has 19 heavy (non-hydrogen) atoms. The maximum Gasteiger partial charge on any atom is 0.122 e. The van der Waals surface area contributed by atoms with Crippen LogP contribution in [0.25, 0.3) is 0 Å². The van der Waals surface area contributed by atoms with Gasteiger partial charge in [-0.2, -0.15) is 0 Å². The second kappa shape index (κ2) is 7.11. The Kier molecular flexibility index (Phi) is 6.08. The molecule has 1 aromatic heterocycles. The van der Waals surface area contributed by atoms with E-state index in [0.29, 0.717) is 6.04 Å². The normalized spacial score (nSPS) is 12.6. The van der Waals surface area contributed by atoms with Crippen LogP contribution in [0.1, 0.15) is 58.8 Å². The lowest BCUT2D eigenvalue weighted by molar-refractivity contribution is 0.204. The third-order valence-corrected chi connectivity index (χ3v) is 3.61. The van der Waals surface area contributed by atoms with Crippen molar-refractivity contribution in [2.45, 2.75) is 72.1 Å². The molecule has 1 rings (SSSR count). The van der Waals surface area contributed by atoms with Gasteiger partial charge in [0, 0.05) is 23.7 Å². The average Bonchev–Trinajstić information content (AvgIpc) is 2.74. The van der Waals surface area contributed by atoms with Gasteiger partial charge in [0.05, 0.1) is 12.8 Å². The lowest BCUT2D eigenvalue weighted by Crippen LogP contribution is -2.35. The van der Waals surface area contributed by atoms with Gasteiger partial charge in [-0.25, -0.2) is 0 Å². The van der Waals surface area contributed by atoms with Crippen LogP contribution in [0.4, 0.5) is 0 Å². The molecule has 0 fully saturated rings. The third-order valence-electron chi connectivity index (χ3n) is 3.61. The Labute approximate surface area is 118 Å². The minimum absolute atomic E-state index is 0.135. The van der Waals surface area contributed by atoms with E-state index in [-0.39, 0.29) is 5.54 Å². The van der Waals surface area contributed by atoms with E-state index >= 15 is 0 Å². The Hall–Kier alpha value is -0.800. The van der Waals surface area contributed by atoms with Gasteiger partial charge in [0.15, 0.2) is 0 Å². The van der Waals surface area contributed by atoms with Crippen LogP contribution < -0.4 is 5.32 Å². The summed E-state index contributed by atoms with van der Waals surface area (Å²) >= 11 is 0. The van der Waals surface area contributed by atoms with Crippen molar-refractivity contribution in [3.63, 3.8) is 0 Å². The minimum atomic E-state index is 0.135. The summed E-state index contributed by atoms with van der Waals surface area (Å²) in [6, 6.07) is 2.71. The summed E-state index contributed by atoms with van der Waals surface area (Å²) in [5, 5.41) is 3.52. The first kappa shape index (κ1) is 16.3. The Bertz CT molecular complexity index is 361. The molecular formula is C16H30N2O. The van der Waals surface area contributed by atoms with E-state index in [4.69, 9.17) is 4.42 Å². The van der Waals surface area contributed by atoms with E-state index in [2.05, 4.69) is 57.9 Å². The summed E-state index contributed by atoms with van der Waals surface area (Å²) in [4.78, 5) is 2.39. The zero-order valence-corrected chi connectivity index (χ0v) is 13.4. The predicted octanol–water partition coefficient (Wildman–Crippen LogP) is 3.79. The van der Waals surface area contributed by atoms with E-state index in [1.807, 2.05) is 0 Å². The molecule has 1 aromatic rings. The highest BCUT2D eigenvalue weighted by Crippen LogP contribution is 2.17. The molecule has 0 aliphatic heterocycles. The summed E-state index contributed by atoms with van der Waals surface area (Å²) in [6.45, 7) is 12.8. The van der Waals surface area contributed by atoms with E-state index in [0.717, 1.165) is 18.8 Å². The molecule has 110 valence electrons. The fraction of sp³-hybridized carbons (Fsp3) is 0.750. The Morgan fingerprint density at radius 2 is 1.89 bits per heavy atom. The summed E-state index contributed by atoms with van der Waals surface area (Å²) in [6.07, 6.45) is 4.17. The smallest absolute Gasteiger partial charge is 0.122 e. The van der Waals surface area contributed by atoms with Crippen molar-refractivity contribution in [2.75, 3.05) is 7.05 Å². The fourth-order valence-electron chi connectivity index (χ4n) is 2.29. The molecule has 0 amide bonds. The highest BCUT2D eigenvalue weighted by Gasteiger charge is 2.16. The quantitative estimate of drug-likeness (QED) is 0.814. The number of hydrogen-bond acceptors (Lipinski definition) is 3. The average molecular weight is 266 g/mol. The van der Waals surface area contributed by atoms with Gasteiger partial charge >= 0.3 is 0 Å². The van der Waals surface area contributed by atoms with Crippen molar-refractivity contribution < 1.29 is 4.42 Å². The largest absolute Gasteiger partial charge is 0.468 e. The lowest BCUT2D eigenvalue weighted by Gasteiger charge is -2.26. The molecule has 0 saturated heterocycles. The number of rotatable bonds is 7. The van der Waals surface area contributed by atoms with Gasteiger partial charge in [0.2, 0.25) is 0 Å². The fourth-order valence-corrected chi connectivity index (χ4v) is 2.29. The van der Waals surface area contributed by atoms with Crippen molar-refractivity contribution >= 4 is 0 Å². The van der Waals surface area contributed by atoms with Gasteiger partial charge in [0.1, 0.15) is 5.76 Å². The monoisotopic (exact) mass is 266 g/mol. The zero-order chi connectivity index (χ0) is 14.5. The molecule has 0 saturated carbocycles. The van der Waals surface area contributed by atoms with Gasteiger partial charge in [-0.05, 0) is 46.7 Å². The molecule has 0 unspecified atom stereocenters. The van der Waals surface area contributed by atoms with Crippen LogP contribution in [0.2, 0.25) is 0 Å². The molecule has 3 heteroatoms. The Morgan fingerprint density at radius 3 is 2.42 bits per heavy atom. The van der Waals surface area contributed by atoms with Crippen molar-refractivity contribution in [1.82, 2.24) is 10.2 Å². The van der Waals surface area contributed by atoms with Crippen molar-refractivity contribution in [3.8, 4) is 0 Å². The van der Waals surface area contributed by atoms with Crippen molar-refractivity contribution in [3.05, 3.63) is 23.7 Å². The Balaban J connectivity index is 2.62. The molecule has 0 aromatic carbocycles. The van der Waals surface area contributed by atoms with E-state index < -0.39 is 0 Å². The van der Waals surface area contributed by atoms with Crippen LogP contribution >= 0.6 is 0 Å². The number of furan rings is 1. The zero-order valence-electron chi connectivity index (χ0n) is 13.4. The van der Waals surface area contributed by atoms with Crippen LogP contribution in [0, 0.1) is 0 Å². The summed E-state index contributed by atoms with van der Waals surface area (Å²) in [5.74, 6) is 1.09. The Morgan fingerprint density at radius 1 is 1.26 bits per heavy atom. The van der Waals surface area contributed by atoms with Crippen LogP contribution in [0.15, 0.2) is 16.7 Å². The number of hydrogen-bond donors (Lipinski definition) is 1. The summed E-state index contributed by atoms with van der Waals surface area (Å²) in [5.41, 5.74) is 1.41. The third kappa shape index (κ3) is 5.37. The standard InChI is InChI=1S/C16H30N2O/c1-7-14(8-2)18(6)12-15-13(9-10-19-15)11-17-16(3,4)5/h9-10,14,17H,7-8,11-12H2,1-6H3. The highest BCUT2D eigenvalue weighted by atomic mass is 16.3. The first-order valence-corrected chi connectivity index (χ1v) is 7.37. The molecule has 0 radical (unpaired) electrons. The topological polar surface area (TPSA) is 28.4 Å². The van der Waals surface area contributed by atoms with Crippen LogP contribution in [-0.4, -0.2) is 23.5 Å². The molecule has 0 aliphatic carbocycles. The molecule has 0 bridgehead atoms. The molecule has 1 N–H and O–H groups in total. The number of nitrogens with one attached hydrogen (secondary N) is 1. The first-order chi connectivity index (χ1) is 8.87. The highest BCUT2D eigenvalue weighted by molar-refractivity contribution is 5.17. The summed E-state index contributed by atoms with van der Waals surface area (Å²) < 4.78 is 5.66. The molecule has 0 aliphatic rings. The minimum Gasteiger partial charge on any atom is -0.468 e. The van der Waals surface area contributed by atoms with Gasteiger partial charge in [-0.15, -0.1) is 0 Å². The first-order valence-electron chi connectivity index (χ1n) is 7.37. The maximum absolute atomic E-state index is 5.66. The molecule has 1 heterocycles. The van der Waals surface area contributed by atoms with E-state index in [9.17, 15) is 0 Å². The molecular weight excluding hydrogens is 236 g/mol. The second-order valence-electron chi connectivity index (χ2n) is 6.36. The van der Waals surface area contributed by atoms with Gasteiger partial charge in [-0.1, -0.05) is 13.8 Å². The lowest BCUT2D eigenvalue weighted by atomic mass is 10.1. The van der Waals surface area contributed by atoms with Gasteiger partial charge < -0.3 is 9.73 Å². The molecule has 3 nitrogen and oxygen atoms in total. The van der Waals surface area contributed by atoms with Crippen molar-refractivity contribution in [1.29, 1.82) is 0 Å². The van der Waals surface area contributed by atoms with Crippen LogP contribution in [0.3, 0.4) is 0 Å². The second-order valence-corrected chi connectivity index (χ2v) is 6.36. The van der Waals surface area contributed by atoms with E-state index in [1.165, 1.54) is 18.4 Å². The van der Waals surface area contributed by atoms with Crippen LogP contribution in [-0.2, 0) is 13.1 Å². The molecule has 0 spiro atoms. The van der Waals surface area contributed by atoms with Gasteiger partial charge in [0.25, 0.3) is 0 Å². The SMILES string of the molecule is CCC(CC)N(C)Cc1occc1CNC(C)(C)C. The van der Waals surface area contributed by atoms with Crippen LogP contribution in [0.5, 0.6) is 0 Å². The molecule has 0 atom stereocenters.